The molecule has 0 saturated carbocycles. The highest BCUT2D eigenvalue weighted by Gasteiger charge is 2.45. The van der Waals surface area contributed by atoms with Gasteiger partial charge in [0.15, 0.2) is 0 Å². The largest absolute Gasteiger partial charge is 0.379 e. The molecule has 3 aliphatic rings. The van der Waals surface area contributed by atoms with Gasteiger partial charge in [0.1, 0.15) is 12.1 Å². The molecule has 1 saturated heterocycles. The lowest BCUT2D eigenvalue weighted by Gasteiger charge is -2.38. The van der Waals surface area contributed by atoms with Crippen molar-refractivity contribution >= 4 is 35.2 Å². The van der Waals surface area contributed by atoms with Crippen molar-refractivity contribution in [1.82, 2.24) is 4.90 Å². The summed E-state index contributed by atoms with van der Waals surface area (Å²) in [4.78, 5) is 18.9. The molecule has 6 nitrogen and oxygen atoms in total. The molecule has 0 N–H and O–H groups in total. The third kappa shape index (κ3) is 1.41. The minimum absolute atomic E-state index is 0.212. The summed E-state index contributed by atoms with van der Waals surface area (Å²) in [6, 6.07) is 0. The quantitative estimate of drug-likeness (QED) is 0.611. The maximum atomic E-state index is 5.86. The van der Waals surface area contributed by atoms with Gasteiger partial charge in [0.05, 0.1) is 19.4 Å². The zero-order valence-corrected chi connectivity index (χ0v) is 9.26. The Hall–Kier alpha value is -1.11. The van der Waals surface area contributed by atoms with E-state index in [9.17, 15) is 0 Å². The van der Waals surface area contributed by atoms with E-state index < -0.39 is 5.79 Å². The van der Waals surface area contributed by atoms with Crippen LogP contribution in [-0.4, -0.2) is 60.5 Å². The zero-order valence-electron chi connectivity index (χ0n) is 8.51. The molecule has 3 heterocycles. The first kappa shape index (κ1) is 10.1. The molecule has 0 aromatic heterocycles. The van der Waals surface area contributed by atoms with Crippen LogP contribution in [0.1, 0.15) is 0 Å². The fraction of sp³-hybridized carbons (Fsp3) is 0.556. The average Bonchev–Trinajstić information content (AvgIpc) is 2.74. The maximum absolute atomic E-state index is 5.86. The predicted octanol–water partition coefficient (Wildman–Crippen LogP) is 0.135. The normalized spacial score (nSPS) is 33.6. The van der Waals surface area contributed by atoms with Gasteiger partial charge in [-0.25, -0.2) is 20.0 Å². The van der Waals surface area contributed by atoms with Crippen molar-refractivity contribution in [3.05, 3.63) is 0 Å². The van der Waals surface area contributed by atoms with Crippen molar-refractivity contribution in [3.63, 3.8) is 0 Å². The molecular weight excluding hydrogens is 230 g/mol. The second kappa shape index (κ2) is 3.73. The van der Waals surface area contributed by atoms with Crippen LogP contribution in [0.5, 0.6) is 0 Å². The number of ether oxygens (including phenoxy) is 1. The van der Waals surface area contributed by atoms with Crippen LogP contribution in [0.4, 0.5) is 0 Å². The topological polar surface area (TPSA) is 61.9 Å². The number of fused-ring (bicyclic) bond motifs is 1. The van der Waals surface area contributed by atoms with Crippen LogP contribution >= 0.6 is 11.6 Å². The van der Waals surface area contributed by atoms with Crippen LogP contribution in [-0.2, 0) is 4.74 Å². The van der Waals surface area contributed by atoms with Crippen LogP contribution < -0.4 is 0 Å². The Bertz CT molecular complexity index is 424. The number of aliphatic imine (C=N–C) groups is 4. The van der Waals surface area contributed by atoms with Crippen LogP contribution in [0.15, 0.2) is 20.0 Å². The molecule has 1 fully saturated rings. The Labute approximate surface area is 97.4 Å². The first-order valence-electron chi connectivity index (χ1n) is 5.05. The number of nitrogens with zero attached hydrogens (tertiary/aromatic N) is 5. The molecule has 0 bridgehead atoms. The Morgan fingerprint density at radius 2 is 2.19 bits per heavy atom. The van der Waals surface area contributed by atoms with Crippen LogP contribution in [0, 0.1) is 0 Å². The summed E-state index contributed by atoms with van der Waals surface area (Å²) in [7, 11) is 0. The van der Waals surface area contributed by atoms with Crippen LogP contribution in [0.3, 0.4) is 0 Å². The molecule has 0 spiro atoms. The SMILES string of the molecule is ClC1=NC2(N3CCOCC3)N=CN=C2C=N1. The third-order valence-corrected chi connectivity index (χ3v) is 2.95. The van der Waals surface area contributed by atoms with Crippen molar-refractivity contribution in [1.29, 1.82) is 0 Å². The van der Waals surface area contributed by atoms with Gasteiger partial charge in [-0.05, 0) is 11.6 Å². The van der Waals surface area contributed by atoms with E-state index in [-0.39, 0.29) is 5.29 Å². The highest BCUT2D eigenvalue weighted by molar-refractivity contribution is 6.67. The summed E-state index contributed by atoms with van der Waals surface area (Å²) in [5.41, 5.74) is 0.721. The second-order valence-electron chi connectivity index (χ2n) is 3.63. The van der Waals surface area contributed by atoms with E-state index in [2.05, 4.69) is 24.9 Å². The van der Waals surface area contributed by atoms with Crippen molar-refractivity contribution in [2.75, 3.05) is 26.3 Å². The number of morpholine rings is 1. The van der Waals surface area contributed by atoms with Gasteiger partial charge in [-0.2, -0.15) is 0 Å². The van der Waals surface area contributed by atoms with E-state index in [0.29, 0.717) is 13.2 Å². The molecule has 0 aromatic rings. The molecular formula is C9H10ClN5O. The van der Waals surface area contributed by atoms with Gasteiger partial charge in [0.25, 0.3) is 5.79 Å². The fourth-order valence-electron chi connectivity index (χ4n) is 1.99. The summed E-state index contributed by atoms with van der Waals surface area (Å²) in [6.07, 6.45) is 3.13. The minimum Gasteiger partial charge on any atom is -0.379 e. The van der Waals surface area contributed by atoms with Crippen molar-refractivity contribution in [2.45, 2.75) is 5.79 Å². The van der Waals surface area contributed by atoms with E-state index in [1.54, 1.807) is 6.21 Å². The highest BCUT2D eigenvalue weighted by atomic mass is 35.5. The summed E-state index contributed by atoms with van der Waals surface area (Å²) in [5, 5.41) is 0.212. The number of hydrogen-bond acceptors (Lipinski definition) is 6. The Kier molecular flexibility index (Phi) is 2.34. The molecule has 0 amide bonds. The summed E-state index contributed by atoms with van der Waals surface area (Å²) in [5.74, 6) is -0.789. The van der Waals surface area contributed by atoms with Crippen molar-refractivity contribution < 1.29 is 4.74 Å². The number of amidine groups is 1. The lowest BCUT2D eigenvalue weighted by Crippen LogP contribution is -2.56. The minimum atomic E-state index is -0.789. The van der Waals surface area contributed by atoms with E-state index in [0.717, 1.165) is 18.8 Å². The first-order valence-corrected chi connectivity index (χ1v) is 5.43. The zero-order chi connectivity index (χ0) is 11.0. The van der Waals surface area contributed by atoms with Crippen LogP contribution in [0.25, 0.3) is 0 Å². The molecule has 1 atom stereocenters. The van der Waals surface area contributed by atoms with E-state index in [1.165, 1.54) is 6.34 Å². The molecule has 1 unspecified atom stereocenters. The predicted molar refractivity (Wildman–Crippen MR) is 62.8 cm³/mol. The van der Waals surface area contributed by atoms with Gasteiger partial charge in [0.2, 0.25) is 5.29 Å². The molecule has 0 aliphatic carbocycles. The van der Waals surface area contributed by atoms with Gasteiger partial charge in [-0.3, -0.25) is 4.90 Å². The van der Waals surface area contributed by atoms with Crippen molar-refractivity contribution in [3.8, 4) is 0 Å². The lowest BCUT2D eigenvalue weighted by molar-refractivity contribution is 0.00642. The third-order valence-electron chi connectivity index (χ3n) is 2.77. The standard InChI is InChI=1S/C9H10ClN5O/c10-8-11-5-7-9(14-8,13-6-12-7)15-1-3-16-4-2-15/h5-6H,1-4H2. The smallest absolute Gasteiger partial charge is 0.257 e. The first-order chi connectivity index (χ1) is 7.81. The molecule has 3 rings (SSSR count). The molecule has 84 valence electrons. The molecule has 16 heavy (non-hydrogen) atoms. The summed E-state index contributed by atoms with van der Waals surface area (Å²) >= 11 is 5.86. The molecule has 3 aliphatic heterocycles. The molecule has 0 radical (unpaired) electrons. The number of halogens is 1. The monoisotopic (exact) mass is 239 g/mol. The van der Waals surface area contributed by atoms with Gasteiger partial charge in [-0.15, -0.1) is 0 Å². The second-order valence-corrected chi connectivity index (χ2v) is 3.97. The van der Waals surface area contributed by atoms with Gasteiger partial charge < -0.3 is 4.74 Å². The van der Waals surface area contributed by atoms with E-state index in [1.807, 2.05) is 0 Å². The molecule has 0 aromatic carbocycles. The van der Waals surface area contributed by atoms with E-state index >= 15 is 0 Å². The van der Waals surface area contributed by atoms with Crippen LogP contribution in [0.2, 0.25) is 0 Å². The van der Waals surface area contributed by atoms with Gasteiger partial charge in [0, 0.05) is 13.1 Å². The highest BCUT2D eigenvalue weighted by Crippen LogP contribution is 2.28. The summed E-state index contributed by atoms with van der Waals surface area (Å²) < 4.78 is 5.31. The van der Waals surface area contributed by atoms with Gasteiger partial charge in [-0.1, -0.05) is 0 Å². The Morgan fingerprint density at radius 1 is 1.38 bits per heavy atom. The average molecular weight is 240 g/mol. The van der Waals surface area contributed by atoms with Crippen molar-refractivity contribution in [2.24, 2.45) is 20.0 Å². The Morgan fingerprint density at radius 3 is 3.00 bits per heavy atom. The summed E-state index contributed by atoms with van der Waals surface area (Å²) in [6.45, 7) is 2.87. The number of hydrogen-bond donors (Lipinski definition) is 0. The molecule has 7 heteroatoms. The maximum Gasteiger partial charge on any atom is 0.257 e. The fourth-order valence-corrected chi connectivity index (χ4v) is 2.16. The lowest BCUT2D eigenvalue weighted by atomic mass is 10.1. The Balaban J connectivity index is 1.98. The number of rotatable bonds is 1. The van der Waals surface area contributed by atoms with Gasteiger partial charge >= 0.3 is 0 Å². The van der Waals surface area contributed by atoms with E-state index in [4.69, 9.17) is 16.3 Å².